The van der Waals surface area contributed by atoms with Crippen LogP contribution in [-0.2, 0) is 6.42 Å². The SMILES string of the molecule is NC(=O)c1ccccc1CCOc1ccc(F)cc1. The van der Waals surface area contributed by atoms with E-state index in [1.165, 1.54) is 12.1 Å². The summed E-state index contributed by atoms with van der Waals surface area (Å²) in [6.07, 6.45) is 0.566. The molecular formula is C15H14FNO2. The molecule has 0 bridgehead atoms. The predicted molar refractivity (Wildman–Crippen MR) is 70.6 cm³/mol. The Morgan fingerprint density at radius 1 is 1.11 bits per heavy atom. The van der Waals surface area contributed by atoms with Crippen molar-refractivity contribution in [3.63, 3.8) is 0 Å². The van der Waals surface area contributed by atoms with Crippen LogP contribution < -0.4 is 10.5 Å². The van der Waals surface area contributed by atoms with E-state index in [-0.39, 0.29) is 5.82 Å². The van der Waals surface area contributed by atoms with E-state index in [0.29, 0.717) is 24.3 Å². The highest BCUT2D eigenvalue weighted by molar-refractivity contribution is 5.94. The van der Waals surface area contributed by atoms with Gasteiger partial charge in [0.25, 0.3) is 0 Å². The summed E-state index contributed by atoms with van der Waals surface area (Å²) < 4.78 is 18.2. The van der Waals surface area contributed by atoms with Crippen LogP contribution in [0.2, 0.25) is 0 Å². The molecule has 0 unspecified atom stereocenters. The molecule has 2 N–H and O–H groups in total. The van der Waals surface area contributed by atoms with Gasteiger partial charge in [0.05, 0.1) is 6.61 Å². The lowest BCUT2D eigenvalue weighted by molar-refractivity contribution is 0.0999. The second-order valence-electron chi connectivity index (χ2n) is 4.07. The lowest BCUT2D eigenvalue weighted by atomic mass is 10.0. The van der Waals surface area contributed by atoms with Crippen LogP contribution in [0.1, 0.15) is 15.9 Å². The Morgan fingerprint density at radius 3 is 2.47 bits per heavy atom. The molecule has 2 aromatic carbocycles. The first-order valence-electron chi connectivity index (χ1n) is 5.93. The second-order valence-corrected chi connectivity index (χ2v) is 4.07. The summed E-state index contributed by atoms with van der Waals surface area (Å²) in [6, 6.07) is 13.0. The van der Waals surface area contributed by atoms with Crippen molar-refractivity contribution in [1.82, 2.24) is 0 Å². The zero-order valence-corrected chi connectivity index (χ0v) is 10.3. The van der Waals surface area contributed by atoms with E-state index in [9.17, 15) is 9.18 Å². The Kier molecular flexibility index (Phi) is 4.13. The van der Waals surface area contributed by atoms with E-state index in [2.05, 4.69) is 0 Å². The molecule has 0 saturated carbocycles. The monoisotopic (exact) mass is 259 g/mol. The molecular weight excluding hydrogens is 245 g/mol. The van der Waals surface area contributed by atoms with Gasteiger partial charge in [0.15, 0.2) is 0 Å². The minimum Gasteiger partial charge on any atom is -0.493 e. The standard InChI is InChI=1S/C15H14FNO2/c16-12-5-7-13(8-6-12)19-10-9-11-3-1-2-4-14(11)15(17)18/h1-8H,9-10H2,(H2,17,18). The number of benzene rings is 2. The van der Waals surface area contributed by atoms with E-state index in [1.807, 2.05) is 12.1 Å². The highest BCUT2D eigenvalue weighted by atomic mass is 19.1. The molecule has 0 aliphatic heterocycles. The van der Waals surface area contributed by atoms with E-state index in [0.717, 1.165) is 5.56 Å². The Labute approximate surface area is 110 Å². The van der Waals surface area contributed by atoms with Gasteiger partial charge in [-0.25, -0.2) is 4.39 Å². The van der Waals surface area contributed by atoms with Gasteiger partial charge in [-0.1, -0.05) is 18.2 Å². The first-order chi connectivity index (χ1) is 9.16. The number of hydrogen-bond donors (Lipinski definition) is 1. The van der Waals surface area contributed by atoms with Crippen molar-refractivity contribution >= 4 is 5.91 Å². The van der Waals surface area contributed by atoms with Gasteiger partial charge in [-0.15, -0.1) is 0 Å². The van der Waals surface area contributed by atoms with Crippen LogP contribution in [0.5, 0.6) is 5.75 Å². The van der Waals surface area contributed by atoms with Crippen molar-refractivity contribution in [2.24, 2.45) is 5.73 Å². The van der Waals surface area contributed by atoms with Crippen molar-refractivity contribution in [2.45, 2.75) is 6.42 Å². The number of rotatable bonds is 5. The topological polar surface area (TPSA) is 52.3 Å². The van der Waals surface area contributed by atoms with Gasteiger partial charge in [-0.3, -0.25) is 4.79 Å². The number of nitrogens with two attached hydrogens (primary N) is 1. The number of ether oxygens (including phenoxy) is 1. The van der Waals surface area contributed by atoms with Crippen LogP contribution in [0.15, 0.2) is 48.5 Å². The molecule has 0 spiro atoms. The summed E-state index contributed by atoms with van der Waals surface area (Å²) in [5, 5.41) is 0. The minimum absolute atomic E-state index is 0.300. The summed E-state index contributed by atoms with van der Waals surface area (Å²) in [4.78, 5) is 11.2. The molecule has 2 aromatic rings. The van der Waals surface area contributed by atoms with E-state index in [4.69, 9.17) is 10.5 Å². The van der Waals surface area contributed by atoms with Crippen molar-refractivity contribution in [1.29, 1.82) is 0 Å². The molecule has 0 aliphatic carbocycles. The van der Waals surface area contributed by atoms with Crippen molar-refractivity contribution < 1.29 is 13.9 Å². The third kappa shape index (κ3) is 3.55. The zero-order valence-electron chi connectivity index (χ0n) is 10.3. The molecule has 3 nitrogen and oxygen atoms in total. The summed E-state index contributed by atoms with van der Waals surface area (Å²) in [7, 11) is 0. The molecule has 0 fully saturated rings. The van der Waals surface area contributed by atoms with Crippen LogP contribution in [0.3, 0.4) is 0 Å². The van der Waals surface area contributed by atoms with Crippen LogP contribution in [0.25, 0.3) is 0 Å². The number of carbonyl (C=O) groups is 1. The molecule has 0 radical (unpaired) electrons. The Hall–Kier alpha value is -2.36. The molecule has 0 saturated heterocycles. The largest absolute Gasteiger partial charge is 0.493 e. The number of halogens is 1. The highest BCUT2D eigenvalue weighted by Gasteiger charge is 2.06. The lowest BCUT2D eigenvalue weighted by Crippen LogP contribution is -2.15. The normalized spacial score (nSPS) is 10.2. The smallest absolute Gasteiger partial charge is 0.248 e. The van der Waals surface area contributed by atoms with E-state index in [1.54, 1.807) is 24.3 Å². The lowest BCUT2D eigenvalue weighted by Gasteiger charge is -2.08. The molecule has 0 aliphatic rings. The molecule has 0 aromatic heterocycles. The van der Waals surface area contributed by atoms with Gasteiger partial charge >= 0.3 is 0 Å². The molecule has 4 heteroatoms. The third-order valence-electron chi connectivity index (χ3n) is 2.74. The number of carbonyl (C=O) groups excluding carboxylic acids is 1. The maximum absolute atomic E-state index is 12.7. The fourth-order valence-corrected chi connectivity index (χ4v) is 1.79. The van der Waals surface area contributed by atoms with Crippen LogP contribution in [-0.4, -0.2) is 12.5 Å². The fourth-order valence-electron chi connectivity index (χ4n) is 1.79. The van der Waals surface area contributed by atoms with Gasteiger partial charge in [-0.05, 0) is 35.9 Å². The number of amides is 1. The van der Waals surface area contributed by atoms with E-state index >= 15 is 0 Å². The quantitative estimate of drug-likeness (QED) is 0.897. The maximum Gasteiger partial charge on any atom is 0.248 e. The van der Waals surface area contributed by atoms with E-state index < -0.39 is 5.91 Å². The van der Waals surface area contributed by atoms with Gasteiger partial charge in [0.1, 0.15) is 11.6 Å². The first-order valence-corrected chi connectivity index (χ1v) is 5.93. The molecule has 19 heavy (non-hydrogen) atoms. The average molecular weight is 259 g/mol. The maximum atomic E-state index is 12.7. The fraction of sp³-hybridized carbons (Fsp3) is 0.133. The summed E-state index contributed by atoms with van der Waals surface area (Å²) in [5.41, 5.74) is 6.64. The summed E-state index contributed by atoms with van der Waals surface area (Å²) in [5.74, 6) is -0.151. The van der Waals surface area contributed by atoms with Gasteiger partial charge in [0.2, 0.25) is 5.91 Å². The molecule has 0 atom stereocenters. The van der Waals surface area contributed by atoms with Crippen molar-refractivity contribution in [3.05, 3.63) is 65.5 Å². The Morgan fingerprint density at radius 2 is 1.79 bits per heavy atom. The molecule has 98 valence electrons. The van der Waals surface area contributed by atoms with Crippen LogP contribution in [0.4, 0.5) is 4.39 Å². The summed E-state index contributed by atoms with van der Waals surface area (Å²) in [6.45, 7) is 0.399. The van der Waals surface area contributed by atoms with Gasteiger partial charge in [-0.2, -0.15) is 0 Å². The zero-order chi connectivity index (χ0) is 13.7. The average Bonchev–Trinajstić information content (AvgIpc) is 2.41. The highest BCUT2D eigenvalue weighted by Crippen LogP contribution is 2.13. The molecule has 1 amide bonds. The minimum atomic E-state index is -0.447. The first kappa shape index (κ1) is 13.1. The number of hydrogen-bond acceptors (Lipinski definition) is 2. The van der Waals surface area contributed by atoms with Crippen molar-refractivity contribution in [3.8, 4) is 5.75 Å². The molecule has 2 rings (SSSR count). The summed E-state index contributed by atoms with van der Waals surface area (Å²) >= 11 is 0. The van der Waals surface area contributed by atoms with Crippen LogP contribution in [0, 0.1) is 5.82 Å². The molecule has 0 heterocycles. The third-order valence-corrected chi connectivity index (χ3v) is 2.74. The number of primary amides is 1. The Bertz CT molecular complexity index is 567. The van der Waals surface area contributed by atoms with Crippen LogP contribution >= 0.6 is 0 Å². The van der Waals surface area contributed by atoms with Gasteiger partial charge in [0, 0.05) is 12.0 Å². The predicted octanol–water partition coefficient (Wildman–Crippen LogP) is 2.55. The van der Waals surface area contributed by atoms with Gasteiger partial charge < -0.3 is 10.5 Å². The Balaban J connectivity index is 1.96. The second kappa shape index (κ2) is 6.00. The van der Waals surface area contributed by atoms with Crippen molar-refractivity contribution in [2.75, 3.05) is 6.61 Å².